The van der Waals surface area contributed by atoms with Gasteiger partial charge in [-0.3, -0.25) is 9.10 Å². The topological polar surface area (TPSA) is 84.9 Å². The Bertz CT molecular complexity index is 1160. The van der Waals surface area contributed by atoms with Crippen LogP contribution in [-0.2, 0) is 14.8 Å². The Labute approximate surface area is 174 Å². The molecule has 2 aromatic carbocycles. The molecule has 0 spiro atoms. The zero-order valence-corrected chi connectivity index (χ0v) is 17.5. The maximum Gasteiger partial charge on any atom is 0.270 e. The number of nitrogens with zero attached hydrogens (tertiary/aromatic N) is 1. The fourth-order valence-electron chi connectivity index (χ4n) is 3.27. The van der Waals surface area contributed by atoms with Gasteiger partial charge in [-0.15, -0.1) is 6.58 Å². The summed E-state index contributed by atoms with van der Waals surface area (Å²) in [5, 5.41) is 2.35. The molecule has 0 saturated heterocycles. The molecule has 9 heteroatoms. The maximum atomic E-state index is 14.0. The highest BCUT2D eigenvalue weighted by molar-refractivity contribution is 7.97. The number of para-hydroxylation sites is 1. The molecule has 0 saturated carbocycles. The molecule has 1 N–H and O–H groups in total. The van der Waals surface area contributed by atoms with Gasteiger partial charge in [-0.05, 0) is 30.7 Å². The van der Waals surface area contributed by atoms with E-state index in [0.29, 0.717) is 22.7 Å². The van der Waals surface area contributed by atoms with Crippen LogP contribution in [0.5, 0.6) is 11.5 Å². The van der Waals surface area contributed by atoms with Crippen LogP contribution < -0.4 is 19.1 Å². The number of carbonyl (C=O) groups excluding carboxylic acids is 1. The summed E-state index contributed by atoms with van der Waals surface area (Å²) < 4.78 is 52.3. The zero-order valence-electron chi connectivity index (χ0n) is 16.7. The molecule has 0 fully saturated rings. The van der Waals surface area contributed by atoms with Gasteiger partial charge in [-0.25, -0.2) is 12.8 Å². The summed E-state index contributed by atoms with van der Waals surface area (Å²) in [5.74, 6) is -0.894. The summed E-state index contributed by atoms with van der Waals surface area (Å²) in [4.78, 5) is 12.5. The first kappa shape index (κ1) is 21.4. The Morgan fingerprint density at radius 3 is 2.43 bits per heavy atom. The van der Waals surface area contributed by atoms with E-state index < -0.39 is 26.7 Å². The molecule has 3 rings (SSSR count). The lowest BCUT2D eigenvalue weighted by Gasteiger charge is -2.32. The van der Waals surface area contributed by atoms with Gasteiger partial charge < -0.3 is 14.8 Å². The molecule has 1 aliphatic rings. The number of amides is 1. The van der Waals surface area contributed by atoms with Gasteiger partial charge in [0.15, 0.2) is 16.4 Å². The number of hydrogen-bond acceptors (Lipinski definition) is 5. The number of allylic oxidation sites excluding steroid dienone is 1. The molecule has 0 unspecified atom stereocenters. The summed E-state index contributed by atoms with van der Waals surface area (Å²) in [6, 6.07) is 8.65. The minimum atomic E-state index is -4.25. The highest BCUT2D eigenvalue weighted by Crippen LogP contribution is 2.45. The Morgan fingerprint density at radius 2 is 1.83 bits per heavy atom. The van der Waals surface area contributed by atoms with Crippen LogP contribution in [0.2, 0.25) is 0 Å². The van der Waals surface area contributed by atoms with Crippen LogP contribution in [0.4, 0.5) is 15.8 Å². The van der Waals surface area contributed by atoms with Crippen molar-refractivity contribution >= 4 is 32.9 Å². The van der Waals surface area contributed by atoms with E-state index in [1.807, 2.05) is 0 Å². The average Bonchev–Trinajstić information content (AvgIpc) is 2.71. The highest BCUT2D eigenvalue weighted by Gasteiger charge is 2.40. The molecule has 0 atom stereocenters. The molecule has 0 aromatic heterocycles. The van der Waals surface area contributed by atoms with E-state index in [2.05, 4.69) is 11.9 Å². The van der Waals surface area contributed by atoms with E-state index in [9.17, 15) is 17.6 Å². The van der Waals surface area contributed by atoms with Gasteiger partial charge in [0.05, 0.1) is 32.1 Å². The molecule has 1 heterocycles. The standard InChI is InChI=1S/C21H21FN2O5S/c1-5-10-24-17-12-19(29-4)18(28-3)11-14(17)13(2)20(30(24,26)27)21(25)23-16-9-7-6-8-15(16)22/h5-9,11-12H,1,10H2,2-4H3,(H,23,25). The third-order valence-corrected chi connectivity index (χ3v) is 6.62. The van der Waals surface area contributed by atoms with Gasteiger partial charge in [0.2, 0.25) is 0 Å². The lowest BCUT2D eigenvalue weighted by Crippen LogP contribution is -2.39. The second-order valence-electron chi connectivity index (χ2n) is 6.44. The van der Waals surface area contributed by atoms with Crippen LogP contribution in [0.25, 0.3) is 5.57 Å². The van der Waals surface area contributed by atoms with Gasteiger partial charge in [-0.2, -0.15) is 0 Å². The van der Waals surface area contributed by atoms with E-state index >= 15 is 0 Å². The Balaban J connectivity index is 2.22. The van der Waals surface area contributed by atoms with E-state index in [1.165, 1.54) is 57.6 Å². The molecular formula is C21H21FN2O5S. The summed E-state index contributed by atoms with van der Waals surface area (Å²) in [5.41, 5.74) is 0.891. The van der Waals surface area contributed by atoms with Crippen LogP contribution in [0.3, 0.4) is 0 Å². The van der Waals surface area contributed by atoms with E-state index in [4.69, 9.17) is 9.47 Å². The number of rotatable bonds is 6. The van der Waals surface area contributed by atoms with Crippen LogP contribution in [0.15, 0.2) is 54.0 Å². The molecule has 2 aromatic rings. The monoisotopic (exact) mass is 432 g/mol. The second kappa shape index (κ2) is 8.19. The van der Waals surface area contributed by atoms with Crippen molar-refractivity contribution < 1.29 is 27.1 Å². The maximum absolute atomic E-state index is 14.0. The first-order valence-corrected chi connectivity index (χ1v) is 10.4. The fraction of sp³-hybridized carbons (Fsp3) is 0.190. The van der Waals surface area contributed by atoms with Crippen molar-refractivity contribution in [2.75, 3.05) is 30.4 Å². The number of halogens is 1. The van der Waals surface area contributed by atoms with Crippen LogP contribution in [-0.4, -0.2) is 35.1 Å². The number of hydrogen-bond donors (Lipinski definition) is 1. The third-order valence-electron chi connectivity index (χ3n) is 4.69. The summed E-state index contributed by atoms with van der Waals surface area (Å²) in [6.07, 6.45) is 1.41. The number of methoxy groups -OCH3 is 2. The highest BCUT2D eigenvalue weighted by atomic mass is 32.2. The third kappa shape index (κ3) is 3.52. The van der Waals surface area contributed by atoms with Crippen molar-refractivity contribution in [2.24, 2.45) is 0 Å². The van der Waals surface area contributed by atoms with Gasteiger partial charge in [0.1, 0.15) is 5.82 Å². The zero-order chi connectivity index (χ0) is 22.1. The summed E-state index contributed by atoms with van der Waals surface area (Å²) in [6.45, 7) is 5.05. The van der Waals surface area contributed by atoms with Crippen molar-refractivity contribution in [3.05, 3.63) is 65.3 Å². The minimum Gasteiger partial charge on any atom is -0.493 e. The second-order valence-corrected chi connectivity index (χ2v) is 8.24. The van der Waals surface area contributed by atoms with Gasteiger partial charge in [0, 0.05) is 11.6 Å². The fourth-order valence-corrected chi connectivity index (χ4v) is 4.99. The number of benzene rings is 2. The van der Waals surface area contributed by atoms with Crippen LogP contribution in [0, 0.1) is 5.82 Å². The predicted molar refractivity (Wildman–Crippen MR) is 114 cm³/mol. The molecule has 0 bridgehead atoms. The number of ether oxygens (including phenoxy) is 2. The minimum absolute atomic E-state index is 0.0748. The molecule has 30 heavy (non-hydrogen) atoms. The van der Waals surface area contributed by atoms with Gasteiger partial charge in [0.25, 0.3) is 15.9 Å². The Morgan fingerprint density at radius 1 is 1.20 bits per heavy atom. The largest absolute Gasteiger partial charge is 0.493 e. The Hall–Kier alpha value is -3.33. The molecule has 1 amide bonds. The first-order valence-electron chi connectivity index (χ1n) is 8.93. The lowest BCUT2D eigenvalue weighted by atomic mass is 10.0. The van der Waals surface area contributed by atoms with Crippen LogP contribution >= 0.6 is 0 Å². The Kier molecular flexibility index (Phi) is 5.84. The smallest absolute Gasteiger partial charge is 0.270 e. The number of sulfonamides is 1. The lowest BCUT2D eigenvalue weighted by molar-refractivity contribution is -0.112. The van der Waals surface area contributed by atoms with Gasteiger partial charge >= 0.3 is 0 Å². The number of nitrogens with one attached hydrogen (secondary N) is 1. The van der Waals surface area contributed by atoms with Crippen molar-refractivity contribution in [3.63, 3.8) is 0 Å². The molecular weight excluding hydrogens is 411 g/mol. The number of fused-ring (bicyclic) bond motifs is 1. The van der Waals surface area contributed by atoms with Crippen molar-refractivity contribution in [2.45, 2.75) is 6.92 Å². The molecule has 7 nitrogen and oxygen atoms in total. The molecule has 1 aliphatic heterocycles. The van der Waals surface area contributed by atoms with E-state index in [-0.39, 0.29) is 17.8 Å². The van der Waals surface area contributed by atoms with Gasteiger partial charge in [-0.1, -0.05) is 18.2 Å². The normalized spacial score (nSPS) is 14.7. The van der Waals surface area contributed by atoms with Crippen molar-refractivity contribution in [3.8, 4) is 11.5 Å². The van der Waals surface area contributed by atoms with E-state index in [0.717, 1.165) is 4.31 Å². The number of carbonyl (C=O) groups is 1. The number of anilines is 2. The molecule has 0 radical (unpaired) electrons. The summed E-state index contributed by atoms with van der Waals surface area (Å²) >= 11 is 0. The summed E-state index contributed by atoms with van der Waals surface area (Å²) in [7, 11) is -1.36. The average molecular weight is 432 g/mol. The first-order chi connectivity index (χ1) is 14.3. The van der Waals surface area contributed by atoms with Crippen LogP contribution in [0.1, 0.15) is 12.5 Å². The predicted octanol–water partition coefficient (Wildman–Crippen LogP) is 3.55. The van der Waals surface area contributed by atoms with Crippen molar-refractivity contribution in [1.29, 1.82) is 0 Å². The van der Waals surface area contributed by atoms with Crippen molar-refractivity contribution in [1.82, 2.24) is 0 Å². The molecule has 158 valence electrons. The quantitative estimate of drug-likeness (QED) is 0.706. The molecule has 0 aliphatic carbocycles. The SMILES string of the molecule is C=CCN1c2cc(OC)c(OC)cc2C(C)=C(C(=O)Nc2ccccc2F)S1(=O)=O. The van der Waals surface area contributed by atoms with E-state index in [1.54, 1.807) is 6.07 Å².